The van der Waals surface area contributed by atoms with Crippen LogP contribution in [-0.2, 0) is 0 Å². The van der Waals surface area contributed by atoms with Gasteiger partial charge in [0.25, 0.3) is 0 Å². The predicted octanol–water partition coefficient (Wildman–Crippen LogP) is 1.51. The number of rotatable bonds is 0. The summed E-state index contributed by atoms with van der Waals surface area (Å²) in [6.07, 6.45) is 2.04. The summed E-state index contributed by atoms with van der Waals surface area (Å²) in [6, 6.07) is 0. The molecule has 1 aliphatic heterocycles. The van der Waals surface area contributed by atoms with Crippen molar-refractivity contribution in [3.05, 3.63) is 22.9 Å². The lowest BCUT2D eigenvalue weighted by Gasteiger charge is -2.23. The maximum Gasteiger partial charge on any atom is 0.219 e. The van der Waals surface area contributed by atoms with Crippen LogP contribution in [0.15, 0.2) is 6.20 Å². The summed E-state index contributed by atoms with van der Waals surface area (Å²) < 4.78 is 5.36. The van der Waals surface area contributed by atoms with Crippen LogP contribution in [0.3, 0.4) is 0 Å². The van der Waals surface area contributed by atoms with Crippen molar-refractivity contribution in [1.82, 2.24) is 4.98 Å². The number of ether oxygens (including phenoxy) is 1. The summed E-state index contributed by atoms with van der Waals surface area (Å²) in [5, 5.41) is 9.75. The summed E-state index contributed by atoms with van der Waals surface area (Å²) in [7, 11) is 0. The van der Waals surface area contributed by atoms with Crippen LogP contribution in [0.4, 0.5) is 0 Å². The Balaban J connectivity index is 2.58. The first-order chi connectivity index (χ1) is 6.20. The van der Waals surface area contributed by atoms with Crippen LogP contribution in [-0.4, -0.2) is 16.7 Å². The van der Waals surface area contributed by atoms with Gasteiger partial charge in [-0.1, -0.05) is 0 Å². The molecule has 2 heterocycles. The summed E-state index contributed by atoms with van der Waals surface area (Å²) in [5.74, 6) is 0.599. The second kappa shape index (κ2) is 3.00. The van der Waals surface area contributed by atoms with Crippen molar-refractivity contribution in [3.8, 4) is 5.88 Å². The fourth-order valence-electron chi connectivity index (χ4n) is 1.61. The molecule has 1 aliphatic rings. The van der Waals surface area contributed by atoms with Gasteiger partial charge in [0.05, 0.1) is 12.7 Å². The third-order valence-corrected chi connectivity index (χ3v) is 2.56. The number of hydrogen-bond donors (Lipinski definition) is 1. The minimum atomic E-state index is -0.406. The van der Waals surface area contributed by atoms with E-state index < -0.39 is 6.10 Å². The lowest BCUT2D eigenvalue weighted by Crippen LogP contribution is -2.16. The van der Waals surface area contributed by atoms with Crippen molar-refractivity contribution in [2.75, 3.05) is 6.61 Å². The highest BCUT2D eigenvalue weighted by Gasteiger charge is 2.22. The van der Waals surface area contributed by atoms with E-state index in [2.05, 4.69) is 4.98 Å². The smallest absolute Gasteiger partial charge is 0.219 e. The molecule has 1 atom stereocenters. The Kier molecular flexibility index (Phi) is 1.96. The zero-order valence-corrected chi connectivity index (χ0v) is 7.87. The van der Waals surface area contributed by atoms with Crippen molar-refractivity contribution in [1.29, 1.82) is 0 Å². The molecule has 0 aromatic carbocycles. The third kappa shape index (κ3) is 1.29. The lowest BCUT2D eigenvalue weighted by molar-refractivity contribution is 0.111. The van der Waals surface area contributed by atoms with Gasteiger partial charge in [-0.25, -0.2) is 4.98 Å². The molecule has 0 fully saturated rings. The highest BCUT2D eigenvalue weighted by Crippen LogP contribution is 2.33. The van der Waals surface area contributed by atoms with Gasteiger partial charge in [-0.2, -0.15) is 0 Å². The summed E-state index contributed by atoms with van der Waals surface area (Å²) >= 11 is 0. The molecule has 70 valence electrons. The van der Waals surface area contributed by atoms with Gasteiger partial charge in [0, 0.05) is 18.2 Å². The molecule has 1 unspecified atom stereocenters. The Hall–Kier alpha value is -1.09. The second-order valence-corrected chi connectivity index (χ2v) is 3.44. The van der Waals surface area contributed by atoms with Crippen molar-refractivity contribution < 1.29 is 9.84 Å². The lowest BCUT2D eigenvalue weighted by atomic mass is 9.98. The fraction of sp³-hybridized carbons (Fsp3) is 0.500. The molecule has 0 aliphatic carbocycles. The van der Waals surface area contributed by atoms with E-state index in [4.69, 9.17) is 4.74 Å². The number of nitrogens with zero attached hydrogens (tertiary/aromatic N) is 1. The molecule has 3 nitrogen and oxygen atoms in total. The van der Waals surface area contributed by atoms with Crippen LogP contribution < -0.4 is 4.74 Å². The quantitative estimate of drug-likeness (QED) is 0.656. The number of fused-ring (bicyclic) bond motifs is 1. The SMILES string of the molecule is Cc1cnc2c(c1C)C(O)CCO2. The Morgan fingerprint density at radius 3 is 3.08 bits per heavy atom. The summed E-state index contributed by atoms with van der Waals surface area (Å²) in [5.41, 5.74) is 3.06. The minimum Gasteiger partial charge on any atom is -0.477 e. The molecule has 13 heavy (non-hydrogen) atoms. The zero-order valence-electron chi connectivity index (χ0n) is 7.87. The zero-order chi connectivity index (χ0) is 9.42. The van der Waals surface area contributed by atoms with Gasteiger partial charge in [0.2, 0.25) is 5.88 Å². The highest BCUT2D eigenvalue weighted by atomic mass is 16.5. The highest BCUT2D eigenvalue weighted by molar-refractivity contribution is 5.40. The van der Waals surface area contributed by atoms with E-state index in [0.29, 0.717) is 18.9 Å². The van der Waals surface area contributed by atoms with Gasteiger partial charge in [0.1, 0.15) is 0 Å². The first kappa shape index (κ1) is 8.51. The number of hydrogen-bond acceptors (Lipinski definition) is 3. The number of pyridine rings is 1. The largest absolute Gasteiger partial charge is 0.477 e. The van der Waals surface area contributed by atoms with Crippen molar-refractivity contribution >= 4 is 0 Å². The van der Waals surface area contributed by atoms with E-state index in [1.165, 1.54) is 0 Å². The van der Waals surface area contributed by atoms with E-state index in [1.54, 1.807) is 6.20 Å². The molecule has 1 aromatic heterocycles. The molecule has 3 heteroatoms. The summed E-state index contributed by atoms with van der Waals surface area (Å²) in [4.78, 5) is 4.15. The second-order valence-electron chi connectivity index (χ2n) is 3.44. The number of aryl methyl sites for hydroxylation is 1. The van der Waals surface area contributed by atoms with Crippen molar-refractivity contribution in [3.63, 3.8) is 0 Å². The van der Waals surface area contributed by atoms with E-state index in [0.717, 1.165) is 16.7 Å². The average Bonchev–Trinajstić information content (AvgIpc) is 2.12. The molecule has 2 rings (SSSR count). The number of aliphatic hydroxyl groups excluding tert-OH is 1. The third-order valence-electron chi connectivity index (χ3n) is 2.56. The van der Waals surface area contributed by atoms with Gasteiger partial charge < -0.3 is 9.84 Å². The van der Waals surface area contributed by atoms with E-state index >= 15 is 0 Å². The standard InChI is InChI=1S/C10H13NO2/c1-6-5-11-10-9(7(6)2)8(12)3-4-13-10/h5,8,12H,3-4H2,1-2H3. The van der Waals surface area contributed by atoms with Crippen molar-refractivity contribution in [2.24, 2.45) is 0 Å². The van der Waals surface area contributed by atoms with E-state index in [9.17, 15) is 5.11 Å². The molecule has 0 bridgehead atoms. The molecule has 0 saturated carbocycles. The molecular weight excluding hydrogens is 166 g/mol. The molecular formula is C10H13NO2. The Morgan fingerprint density at radius 1 is 1.54 bits per heavy atom. The number of aromatic nitrogens is 1. The maximum absolute atomic E-state index is 9.75. The van der Waals surface area contributed by atoms with Crippen LogP contribution in [0, 0.1) is 13.8 Å². The van der Waals surface area contributed by atoms with Crippen LogP contribution in [0.5, 0.6) is 5.88 Å². The maximum atomic E-state index is 9.75. The normalized spacial score (nSPS) is 20.7. The first-order valence-corrected chi connectivity index (χ1v) is 4.47. The Morgan fingerprint density at radius 2 is 2.31 bits per heavy atom. The molecule has 0 radical (unpaired) electrons. The average molecular weight is 179 g/mol. The number of aliphatic hydroxyl groups is 1. The van der Waals surface area contributed by atoms with Gasteiger partial charge >= 0.3 is 0 Å². The van der Waals surface area contributed by atoms with Crippen LogP contribution in [0.2, 0.25) is 0 Å². The van der Waals surface area contributed by atoms with Crippen LogP contribution in [0.25, 0.3) is 0 Å². The Bertz CT molecular complexity index is 336. The van der Waals surface area contributed by atoms with Crippen LogP contribution in [0.1, 0.15) is 29.2 Å². The topological polar surface area (TPSA) is 42.4 Å². The van der Waals surface area contributed by atoms with Crippen molar-refractivity contribution in [2.45, 2.75) is 26.4 Å². The monoisotopic (exact) mass is 179 g/mol. The van der Waals surface area contributed by atoms with Crippen LogP contribution >= 0.6 is 0 Å². The van der Waals surface area contributed by atoms with Gasteiger partial charge in [-0.05, 0) is 25.0 Å². The van der Waals surface area contributed by atoms with E-state index in [1.807, 2.05) is 13.8 Å². The molecule has 0 amide bonds. The molecule has 0 spiro atoms. The van der Waals surface area contributed by atoms with Gasteiger partial charge in [-0.3, -0.25) is 0 Å². The van der Waals surface area contributed by atoms with E-state index in [-0.39, 0.29) is 0 Å². The molecule has 0 saturated heterocycles. The minimum absolute atomic E-state index is 0.406. The fourth-order valence-corrected chi connectivity index (χ4v) is 1.61. The first-order valence-electron chi connectivity index (χ1n) is 4.47. The molecule has 1 N–H and O–H groups in total. The predicted molar refractivity (Wildman–Crippen MR) is 48.8 cm³/mol. The Labute approximate surface area is 77.4 Å². The van der Waals surface area contributed by atoms with Gasteiger partial charge in [0.15, 0.2) is 0 Å². The molecule has 1 aromatic rings. The van der Waals surface area contributed by atoms with Gasteiger partial charge in [-0.15, -0.1) is 0 Å². The summed E-state index contributed by atoms with van der Waals surface area (Å²) in [6.45, 7) is 4.54.